The maximum Gasteiger partial charge on any atom is 0.242 e. The number of nitrogens with one attached hydrogen (secondary N) is 1. The Morgan fingerprint density at radius 2 is 1.67 bits per heavy atom. The molecule has 0 aromatic heterocycles. The summed E-state index contributed by atoms with van der Waals surface area (Å²) in [5, 5.41) is 2.76. The topological polar surface area (TPSA) is 73.0 Å². The first-order valence-electron chi connectivity index (χ1n) is 11.7. The third-order valence-electron chi connectivity index (χ3n) is 6.51. The highest BCUT2D eigenvalue weighted by Crippen LogP contribution is 2.28. The van der Waals surface area contributed by atoms with Crippen molar-refractivity contribution in [2.45, 2.75) is 26.2 Å². The van der Waals surface area contributed by atoms with E-state index in [-0.39, 0.29) is 30.7 Å². The molecule has 0 saturated carbocycles. The third-order valence-corrected chi connectivity index (χ3v) is 6.51. The van der Waals surface area contributed by atoms with Gasteiger partial charge < -0.3 is 20.0 Å². The Labute approximate surface area is 195 Å². The van der Waals surface area contributed by atoms with Crippen LogP contribution in [0.25, 0.3) is 0 Å². The molecule has 3 amide bonds. The third kappa shape index (κ3) is 5.35. The van der Waals surface area contributed by atoms with Gasteiger partial charge in [0.15, 0.2) is 0 Å². The van der Waals surface area contributed by atoms with Crippen LogP contribution < -0.4 is 15.1 Å². The number of carbonyl (C=O) groups is 3. The maximum atomic E-state index is 12.7. The van der Waals surface area contributed by atoms with Crippen molar-refractivity contribution in [2.75, 3.05) is 49.1 Å². The molecular weight excluding hydrogens is 416 g/mol. The summed E-state index contributed by atoms with van der Waals surface area (Å²) in [6, 6.07) is 18.1. The van der Waals surface area contributed by atoms with E-state index in [4.69, 9.17) is 0 Å². The van der Waals surface area contributed by atoms with Crippen LogP contribution in [-0.2, 0) is 14.4 Å². The van der Waals surface area contributed by atoms with Gasteiger partial charge in [0, 0.05) is 50.5 Å². The summed E-state index contributed by atoms with van der Waals surface area (Å²) in [7, 11) is 0. The van der Waals surface area contributed by atoms with Gasteiger partial charge in [0.1, 0.15) is 0 Å². The molecule has 0 bridgehead atoms. The van der Waals surface area contributed by atoms with Crippen molar-refractivity contribution in [3.05, 3.63) is 60.2 Å². The van der Waals surface area contributed by atoms with Gasteiger partial charge in [-0.25, -0.2) is 0 Å². The van der Waals surface area contributed by atoms with E-state index < -0.39 is 5.92 Å². The second-order valence-electron chi connectivity index (χ2n) is 9.08. The molecule has 33 heavy (non-hydrogen) atoms. The van der Waals surface area contributed by atoms with Crippen LogP contribution in [-0.4, -0.2) is 61.9 Å². The van der Waals surface area contributed by atoms with Crippen molar-refractivity contribution in [3.8, 4) is 0 Å². The smallest absolute Gasteiger partial charge is 0.242 e. The van der Waals surface area contributed by atoms with Crippen molar-refractivity contribution in [1.29, 1.82) is 0 Å². The molecule has 1 unspecified atom stereocenters. The lowest BCUT2D eigenvalue weighted by Crippen LogP contribution is -2.51. The van der Waals surface area contributed by atoms with Gasteiger partial charge in [-0.3, -0.25) is 14.4 Å². The number of hydrogen-bond acceptors (Lipinski definition) is 4. The summed E-state index contributed by atoms with van der Waals surface area (Å²) in [6.07, 6.45) is 0.168. The van der Waals surface area contributed by atoms with Gasteiger partial charge in [0.2, 0.25) is 17.7 Å². The zero-order valence-corrected chi connectivity index (χ0v) is 19.4. The molecule has 2 aromatic rings. The number of nitrogens with zero attached hydrogens (tertiary/aromatic N) is 3. The van der Waals surface area contributed by atoms with Crippen LogP contribution in [0.1, 0.15) is 31.7 Å². The fourth-order valence-corrected chi connectivity index (χ4v) is 4.46. The molecule has 2 fully saturated rings. The van der Waals surface area contributed by atoms with E-state index >= 15 is 0 Å². The minimum atomic E-state index is -0.442. The first-order chi connectivity index (χ1) is 15.9. The van der Waals surface area contributed by atoms with Crippen LogP contribution in [0.4, 0.5) is 11.4 Å². The molecule has 0 radical (unpaired) electrons. The minimum absolute atomic E-state index is 0.0301. The molecule has 1 N–H and O–H groups in total. The quantitative estimate of drug-likeness (QED) is 0.737. The summed E-state index contributed by atoms with van der Waals surface area (Å²) in [5.74, 6) is -0.450. The highest BCUT2D eigenvalue weighted by molar-refractivity contribution is 6.00. The summed E-state index contributed by atoms with van der Waals surface area (Å²) in [6.45, 7) is 7.33. The Kier molecular flexibility index (Phi) is 6.96. The van der Waals surface area contributed by atoms with Gasteiger partial charge in [0.25, 0.3) is 0 Å². The lowest BCUT2D eigenvalue weighted by Gasteiger charge is -2.36. The summed E-state index contributed by atoms with van der Waals surface area (Å²) < 4.78 is 0. The van der Waals surface area contributed by atoms with Crippen LogP contribution in [0.15, 0.2) is 54.6 Å². The van der Waals surface area contributed by atoms with E-state index in [1.54, 1.807) is 9.80 Å². The number of anilines is 2. The highest BCUT2D eigenvalue weighted by Gasteiger charge is 2.35. The van der Waals surface area contributed by atoms with E-state index in [1.165, 1.54) is 0 Å². The zero-order valence-electron chi connectivity index (χ0n) is 19.4. The van der Waals surface area contributed by atoms with Crippen LogP contribution in [0.3, 0.4) is 0 Å². The molecule has 2 saturated heterocycles. The predicted octanol–water partition coefficient (Wildman–Crippen LogP) is 2.63. The second kappa shape index (κ2) is 10.1. The average Bonchev–Trinajstić information content (AvgIpc) is 3.24. The van der Waals surface area contributed by atoms with Gasteiger partial charge in [-0.2, -0.15) is 0 Å². The fourth-order valence-electron chi connectivity index (χ4n) is 4.46. The van der Waals surface area contributed by atoms with Crippen LogP contribution >= 0.6 is 0 Å². The highest BCUT2D eigenvalue weighted by atomic mass is 16.2. The van der Waals surface area contributed by atoms with Crippen molar-refractivity contribution < 1.29 is 14.4 Å². The molecule has 2 aliphatic heterocycles. The Morgan fingerprint density at radius 3 is 2.36 bits per heavy atom. The van der Waals surface area contributed by atoms with Crippen molar-refractivity contribution >= 4 is 29.1 Å². The van der Waals surface area contributed by atoms with Gasteiger partial charge >= 0.3 is 0 Å². The number of para-hydroxylation sites is 1. The van der Waals surface area contributed by atoms with E-state index in [0.29, 0.717) is 25.6 Å². The summed E-state index contributed by atoms with van der Waals surface area (Å²) in [5.41, 5.74) is 3.15. The first kappa shape index (κ1) is 22.8. The molecule has 2 aliphatic rings. The molecule has 7 nitrogen and oxygen atoms in total. The zero-order chi connectivity index (χ0) is 23.4. The van der Waals surface area contributed by atoms with Crippen molar-refractivity contribution in [3.63, 3.8) is 0 Å². The lowest BCUT2D eigenvalue weighted by atomic mass is 10.0. The van der Waals surface area contributed by atoms with E-state index in [9.17, 15) is 14.4 Å². The standard InChI is InChI=1S/C26H32N4O3/c1-19(2)20-7-6-10-23(15-20)30-18-21(16-24(30)31)26(33)27-17-25(32)29-13-11-28(12-14-29)22-8-4-3-5-9-22/h3-10,15,19,21H,11-14,16-18H2,1-2H3,(H,27,33). The number of carbonyl (C=O) groups excluding carboxylic acids is 3. The largest absolute Gasteiger partial charge is 0.368 e. The molecule has 4 rings (SSSR count). The minimum Gasteiger partial charge on any atom is -0.368 e. The average molecular weight is 449 g/mol. The van der Waals surface area contributed by atoms with Gasteiger partial charge in [-0.1, -0.05) is 44.2 Å². The first-order valence-corrected chi connectivity index (χ1v) is 11.7. The monoisotopic (exact) mass is 448 g/mol. The number of rotatable bonds is 6. The second-order valence-corrected chi connectivity index (χ2v) is 9.08. The van der Waals surface area contributed by atoms with Crippen LogP contribution in [0.5, 0.6) is 0 Å². The SMILES string of the molecule is CC(C)c1cccc(N2CC(C(=O)NCC(=O)N3CCN(c4ccccc4)CC3)CC2=O)c1. The molecule has 7 heteroatoms. The fraction of sp³-hybridized carbons (Fsp3) is 0.423. The van der Waals surface area contributed by atoms with Crippen LogP contribution in [0, 0.1) is 5.92 Å². The maximum absolute atomic E-state index is 12.7. The molecule has 0 aliphatic carbocycles. The Balaban J connectivity index is 1.26. The Morgan fingerprint density at radius 1 is 0.970 bits per heavy atom. The van der Waals surface area contributed by atoms with Crippen molar-refractivity contribution in [2.24, 2.45) is 5.92 Å². The van der Waals surface area contributed by atoms with Crippen molar-refractivity contribution in [1.82, 2.24) is 10.2 Å². The molecular formula is C26H32N4O3. The lowest BCUT2D eigenvalue weighted by molar-refractivity contribution is -0.134. The number of hydrogen-bond donors (Lipinski definition) is 1. The summed E-state index contributed by atoms with van der Waals surface area (Å²) in [4.78, 5) is 43.6. The Bertz CT molecular complexity index is 1000. The molecule has 2 aromatic carbocycles. The van der Waals surface area contributed by atoms with E-state index in [0.717, 1.165) is 30.0 Å². The van der Waals surface area contributed by atoms with E-state index in [2.05, 4.69) is 36.2 Å². The predicted molar refractivity (Wildman–Crippen MR) is 129 cm³/mol. The van der Waals surface area contributed by atoms with Gasteiger partial charge in [-0.15, -0.1) is 0 Å². The van der Waals surface area contributed by atoms with Gasteiger partial charge in [-0.05, 0) is 35.7 Å². The molecule has 174 valence electrons. The number of benzene rings is 2. The number of amides is 3. The number of piperazine rings is 1. The van der Waals surface area contributed by atoms with Crippen LogP contribution in [0.2, 0.25) is 0 Å². The molecule has 2 heterocycles. The van der Waals surface area contributed by atoms with E-state index in [1.807, 2.05) is 42.5 Å². The molecule has 0 spiro atoms. The molecule has 1 atom stereocenters. The summed E-state index contributed by atoms with van der Waals surface area (Å²) >= 11 is 0. The normalized spacial score (nSPS) is 18.7. The Hall–Kier alpha value is -3.35. The van der Waals surface area contributed by atoms with Gasteiger partial charge in [0.05, 0.1) is 12.5 Å².